The van der Waals surface area contributed by atoms with E-state index in [2.05, 4.69) is 264 Å². The van der Waals surface area contributed by atoms with Gasteiger partial charge in [0.05, 0.1) is 0 Å². The smallest absolute Gasteiger partial charge is 0.135 e. The summed E-state index contributed by atoms with van der Waals surface area (Å²) in [6.07, 6.45) is 1.92. The molecule has 10 rings (SSSR count). The molecule has 9 aromatic rings. The molecule has 0 atom stereocenters. The fourth-order valence-corrected chi connectivity index (χ4v) is 11.1. The molecule has 6 heteroatoms. The number of pyridine rings is 1. The third-order valence-electron chi connectivity index (χ3n) is 15.3. The van der Waals surface area contributed by atoms with Gasteiger partial charge in [-0.25, -0.2) is 4.98 Å². The molecule has 0 fully saturated rings. The average Bonchev–Trinajstić information content (AvgIpc) is 3.96. The van der Waals surface area contributed by atoms with E-state index in [-0.39, 0.29) is 38.3 Å². The molecule has 76 heavy (non-hydrogen) atoms. The quantitative estimate of drug-likeness (QED) is 0.108. The van der Waals surface area contributed by atoms with Gasteiger partial charge in [0.1, 0.15) is 5.82 Å². The van der Waals surface area contributed by atoms with Gasteiger partial charge in [0.2, 0.25) is 0 Å². The molecular formula is C70H75N4OPt-3. The summed E-state index contributed by atoms with van der Waals surface area (Å²) in [6.45, 7) is 36.8. The molecule has 2 aromatic heterocycles. The number of rotatable bonds is 13. The molecule has 0 aliphatic carbocycles. The molecule has 5 nitrogen and oxygen atoms in total. The van der Waals surface area contributed by atoms with Crippen molar-refractivity contribution in [1.82, 2.24) is 9.55 Å². The van der Waals surface area contributed by atoms with E-state index in [9.17, 15) is 0 Å². The van der Waals surface area contributed by atoms with Crippen LogP contribution in [0.1, 0.15) is 178 Å². The summed E-state index contributed by atoms with van der Waals surface area (Å²) < 4.78 is 9.35. The molecule has 0 spiro atoms. The number of para-hydroxylation sites is 3. The van der Waals surface area contributed by atoms with Crippen LogP contribution >= 0.6 is 0 Å². The van der Waals surface area contributed by atoms with Gasteiger partial charge < -0.3 is 19.1 Å². The van der Waals surface area contributed by atoms with Gasteiger partial charge in [-0.2, -0.15) is 6.07 Å². The monoisotopic (exact) mass is 1180 g/mol. The first kappa shape index (κ1) is 54.4. The number of ether oxygens (including phenoxy) is 1. The third-order valence-corrected chi connectivity index (χ3v) is 15.3. The van der Waals surface area contributed by atoms with Crippen molar-refractivity contribution >= 4 is 44.6 Å². The molecule has 0 amide bonds. The van der Waals surface area contributed by atoms with Crippen LogP contribution in [0.25, 0.3) is 49.9 Å². The van der Waals surface area contributed by atoms with Gasteiger partial charge in [0.25, 0.3) is 0 Å². The van der Waals surface area contributed by atoms with E-state index in [0.29, 0.717) is 35.2 Å². The van der Waals surface area contributed by atoms with Crippen LogP contribution in [0.5, 0.6) is 11.5 Å². The maximum absolute atomic E-state index is 7.13. The molecule has 1 aliphatic heterocycles. The maximum atomic E-state index is 7.13. The van der Waals surface area contributed by atoms with E-state index < -0.39 is 0 Å². The Morgan fingerprint density at radius 1 is 0.500 bits per heavy atom. The van der Waals surface area contributed by atoms with Crippen LogP contribution in [0, 0.1) is 18.8 Å². The molecule has 0 saturated carbocycles. The summed E-state index contributed by atoms with van der Waals surface area (Å²) in [4.78, 5) is 9.58. The molecule has 0 N–H and O–H groups in total. The number of hydrogen-bond donors (Lipinski definition) is 0. The SMILES string of the molecule is CC(C)c1cc(C(C)C)c(-c2cc(Oc3[c-]c4c(cc3)c3ccccc3n4-c3cc(C(C)(C)C)ccn3)[c-]c(N3[CH-]N(c4cccc(-c5c(C(C)C)cc(C(C)C)cc5C(C)C)c4)c4ccccc43)c2)c(C(C)C)c1.[Pt]. The second kappa shape index (κ2) is 21.5. The number of fused-ring (bicyclic) bond motifs is 4. The van der Waals surface area contributed by atoms with Crippen molar-refractivity contribution in [3.8, 4) is 39.6 Å². The van der Waals surface area contributed by atoms with Crippen molar-refractivity contribution in [2.24, 2.45) is 0 Å². The molecular weight excluding hydrogens is 1110 g/mol. The minimum absolute atomic E-state index is 0. The fourth-order valence-electron chi connectivity index (χ4n) is 11.1. The summed E-state index contributed by atoms with van der Waals surface area (Å²) in [5.41, 5.74) is 20.5. The second-order valence-electron chi connectivity index (χ2n) is 23.8. The van der Waals surface area contributed by atoms with E-state index in [1.165, 1.54) is 55.6 Å². The standard InChI is InChI=1S/C70H75N4O.Pt/c1-42(2)49-34-59(44(5)6)68(60(35-49)45(7)8)48-21-20-22-53(31-48)72-41-73(65-26-19-18-25-64(65)72)54-32-51(69-61(46(9)10)36-50(43(3)4)37-62(69)47(11)12)33-56(39-54)75-55-27-28-58-57-23-16-17-24-63(57)74(66(58)40-55)67-38-52(29-30-71-67)70(13,14)15;/h16-38,41-47H,1-15H3;/q-3;. The molecule has 3 heterocycles. The van der Waals surface area contributed by atoms with Gasteiger partial charge in [-0.1, -0.05) is 176 Å². The largest absolute Gasteiger partial charge is 0.509 e. The number of benzene rings is 7. The summed E-state index contributed by atoms with van der Waals surface area (Å²) in [5.74, 6) is 4.23. The van der Waals surface area contributed by atoms with Crippen LogP contribution in [0.3, 0.4) is 0 Å². The van der Waals surface area contributed by atoms with Crippen molar-refractivity contribution in [3.63, 3.8) is 0 Å². The Morgan fingerprint density at radius 3 is 1.64 bits per heavy atom. The first-order valence-electron chi connectivity index (χ1n) is 27.4. The van der Waals surface area contributed by atoms with E-state index in [0.717, 1.165) is 55.9 Å². The van der Waals surface area contributed by atoms with E-state index >= 15 is 0 Å². The number of aromatic nitrogens is 2. The number of hydrogen-bond acceptors (Lipinski definition) is 4. The Bertz CT molecular complexity index is 3530. The fraction of sp³-hybridized carbons (Fsp3) is 0.314. The molecule has 394 valence electrons. The molecule has 0 unspecified atom stereocenters. The Kier molecular flexibility index (Phi) is 15.4. The van der Waals surface area contributed by atoms with Crippen LogP contribution in [0.4, 0.5) is 22.7 Å². The summed E-state index contributed by atoms with van der Waals surface area (Å²) >= 11 is 0. The zero-order chi connectivity index (χ0) is 53.2. The minimum Gasteiger partial charge on any atom is -0.509 e. The van der Waals surface area contributed by atoms with E-state index in [4.69, 9.17) is 9.72 Å². The zero-order valence-corrected chi connectivity index (χ0v) is 49.6. The predicted octanol–water partition coefficient (Wildman–Crippen LogP) is 20.3. The van der Waals surface area contributed by atoms with Crippen LogP contribution < -0.4 is 14.5 Å². The van der Waals surface area contributed by atoms with Gasteiger partial charge in [-0.05, 0) is 144 Å². The zero-order valence-electron chi connectivity index (χ0n) is 47.3. The van der Waals surface area contributed by atoms with Crippen molar-refractivity contribution in [1.29, 1.82) is 0 Å². The molecule has 0 bridgehead atoms. The normalized spacial score (nSPS) is 12.9. The van der Waals surface area contributed by atoms with Crippen LogP contribution in [0.2, 0.25) is 0 Å². The number of anilines is 4. The van der Waals surface area contributed by atoms with Gasteiger partial charge in [-0.15, -0.1) is 53.6 Å². The first-order valence-corrected chi connectivity index (χ1v) is 27.4. The summed E-state index contributed by atoms with van der Waals surface area (Å²) in [6, 6.07) is 56.8. The Balaban J connectivity index is 0.00000706. The average molecular weight is 1180 g/mol. The maximum Gasteiger partial charge on any atom is 0.135 e. The van der Waals surface area contributed by atoms with Gasteiger partial charge in [0, 0.05) is 61.3 Å². The first-order chi connectivity index (χ1) is 35.8. The second-order valence-corrected chi connectivity index (χ2v) is 23.8. The van der Waals surface area contributed by atoms with Crippen LogP contribution in [0.15, 0.2) is 140 Å². The van der Waals surface area contributed by atoms with Crippen LogP contribution in [-0.4, -0.2) is 9.55 Å². The predicted molar refractivity (Wildman–Crippen MR) is 318 cm³/mol. The van der Waals surface area contributed by atoms with Crippen molar-refractivity contribution in [2.45, 2.75) is 145 Å². The molecule has 1 aliphatic rings. The molecule has 0 saturated heterocycles. The van der Waals surface area contributed by atoms with E-state index in [1.807, 2.05) is 12.3 Å². The Hall–Kier alpha value is -6.42. The minimum atomic E-state index is -0.0452. The van der Waals surface area contributed by atoms with Gasteiger partial charge >= 0.3 is 0 Å². The summed E-state index contributed by atoms with van der Waals surface area (Å²) in [5, 5.41) is 2.23. The third kappa shape index (κ3) is 10.3. The Labute approximate surface area is 468 Å². The number of nitrogens with zero attached hydrogens (tertiary/aromatic N) is 4. The topological polar surface area (TPSA) is 33.5 Å². The van der Waals surface area contributed by atoms with Crippen LogP contribution in [-0.2, 0) is 26.5 Å². The van der Waals surface area contributed by atoms with Crippen molar-refractivity contribution < 1.29 is 25.8 Å². The van der Waals surface area contributed by atoms with Crippen molar-refractivity contribution in [3.05, 3.63) is 197 Å². The van der Waals surface area contributed by atoms with Gasteiger partial charge in [-0.3, -0.25) is 0 Å². The van der Waals surface area contributed by atoms with Gasteiger partial charge in [0.15, 0.2) is 0 Å². The molecule has 0 radical (unpaired) electrons. The summed E-state index contributed by atoms with van der Waals surface area (Å²) in [7, 11) is 0. The van der Waals surface area contributed by atoms with E-state index in [1.54, 1.807) is 0 Å². The molecule has 7 aromatic carbocycles. The Morgan fingerprint density at radius 2 is 1.07 bits per heavy atom. The van der Waals surface area contributed by atoms with Crippen molar-refractivity contribution in [2.75, 3.05) is 9.80 Å².